The number of anilines is 1. The van der Waals surface area contributed by atoms with E-state index in [0.717, 1.165) is 53.9 Å². The zero-order valence-electron chi connectivity index (χ0n) is 17.7. The van der Waals surface area contributed by atoms with E-state index in [0.29, 0.717) is 12.3 Å². The molecular formula is C25H26N4O. The number of Topliss-reactive ketones (excluding diaryl/α,β-unsaturated/α-hetero) is 1. The van der Waals surface area contributed by atoms with E-state index in [-0.39, 0.29) is 5.78 Å². The third-order valence-corrected chi connectivity index (χ3v) is 6.74. The molecule has 0 unspecified atom stereocenters. The molecule has 6 rings (SSSR count). The van der Waals surface area contributed by atoms with E-state index in [1.165, 1.54) is 32.9 Å². The first kappa shape index (κ1) is 17.8. The number of aromatic nitrogens is 3. The van der Waals surface area contributed by atoms with Crippen LogP contribution in [0.25, 0.3) is 32.9 Å². The molecule has 152 valence electrons. The van der Waals surface area contributed by atoms with Gasteiger partial charge in [-0.2, -0.15) is 5.10 Å². The van der Waals surface area contributed by atoms with Gasteiger partial charge < -0.3 is 10.3 Å². The Kier molecular flexibility index (Phi) is 3.53. The van der Waals surface area contributed by atoms with Crippen LogP contribution in [0.3, 0.4) is 0 Å². The third kappa shape index (κ3) is 2.23. The fourth-order valence-corrected chi connectivity index (χ4v) is 5.72. The van der Waals surface area contributed by atoms with Gasteiger partial charge in [0.25, 0.3) is 0 Å². The number of rotatable bonds is 2. The molecule has 2 N–H and O–H groups in total. The second-order valence-corrected chi connectivity index (χ2v) is 9.30. The van der Waals surface area contributed by atoms with E-state index < -0.39 is 0 Å². The molecule has 0 spiro atoms. The van der Waals surface area contributed by atoms with Crippen LogP contribution in [-0.4, -0.2) is 20.1 Å². The van der Waals surface area contributed by atoms with Crippen molar-refractivity contribution in [1.82, 2.24) is 14.3 Å². The van der Waals surface area contributed by atoms with Crippen molar-refractivity contribution in [3.8, 4) is 11.1 Å². The number of nitrogens with zero attached hydrogens (tertiary/aromatic N) is 3. The average Bonchev–Trinajstić information content (AvgIpc) is 3.35. The molecule has 0 radical (unpaired) electrons. The van der Waals surface area contributed by atoms with Crippen LogP contribution in [0, 0.1) is 5.92 Å². The fraction of sp³-hybridized carbons (Fsp3) is 0.360. The van der Waals surface area contributed by atoms with Crippen LogP contribution in [0.15, 0.2) is 24.4 Å². The van der Waals surface area contributed by atoms with E-state index in [1.54, 1.807) is 0 Å². The molecule has 2 aromatic carbocycles. The third-order valence-electron chi connectivity index (χ3n) is 6.74. The smallest absolute Gasteiger partial charge is 0.164 e. The summed E-state index contributed by atoms with van der Waals surface area (Å²) in [6, 6.07) is 6.25. The van der Waals surface area contributed by atoms with E-state index in [9.17, 15) is 4.79 Å². The predicted octanol–water partition coefficient (Wildman–Crippen LogP) is 4.66. The van der Waals surface area contributed by atoms with Crippen molar-refractivity contribution in [2.75, 3.05) is 5.73 Å². The first-order valence-electron chi connectivity index (χ1n) is 10.9. The second kappa shape index (κ2) is 5.97. The maximum Gasteiger partial charge on any atom is 0.164 e. The van der Waals surface area contributed by atoms with Gasteiger partial charge in [-0.25, -0.2) is 0 Å². The summed E-state index contributed by atoms with van der Waals surface area (Å²) < 4.78 is 4.37. The molecule has 5 nitrogen and oxygen atoms in total. The van der Waals surface area contributed by atoms with Crippen molar-refractivity contribution >= 4 is 33.3 Å². The molecule has 0 aliphatic heterocycles. The lowest BCUT2D eigenvalue weighted by molar-refractivity contribution is 0.0995. The maximum atomic E-state index is 13.1. The van der Waals surface area contributed by atoms with Crippen molar-refractivity contribution in [2.24, 2.45) is 13.0 Å². The van der Waals surface area contributed by atoms with Gasteiger partial charge in [0.15, 0.2) is 5.78 Å². The summed E-state index contributed by atoms with van der Waals surface area (Å²) in [5.74, 6) is 0.790. The van der Waals surface area contributed by atoms with Crippen LogP contribution >= 0.6 is 0 Å². The van der Waals surface area contributed by atoms with Gasteiger partial charge >= 0.3 is 0 Å². The first-order valence-corrected chi connectivity index (χ1v) is 10.9. The lowest BCUT2D eigenvalue weighted by Gasteiger charge is -2.22. The van der Waals surface area contributed by atoms with Gasteiger partial charge in [-0.15, -0.1) is 0 Å². The molecule has 5 heteroatoms. The number of fused-ring (bicyclic) bond motifs is 10. The summed E-state index contributed by atoms with van der Waals surface area (Å²) in [4.78, 5) is 13.1. The van der Waals surface area contributed by atoms with E-state index in [1.807, 2.05) is 17.8 Å². The van der Waals surface area contributed by atoms with E-state index in [2.05, 4.69) is 41.8 Å². The Morgan fingerprint density at radius 3 is 2.70 bits per heavy atom. The molecule has 2 aliphatic rings. The number of nitrogens with two attached hydrogens (primary N) is 1. The number of hydrogen-bond donors (Lipinski definition) is 1. The summed E-state index contributed by atoms with van der Waals surface area (Å²) >= 11 is 0. The number of carbonyl (C=O) groups is 1. The predicted molar refractivity (Wildman–Crippen MR) is 121 cm³/mol. The molecule has 0 bridgehead atoms. The van der Waals surface area contributed by atoms with Crippen LogP contribution in [0.4, 0.5) is 5.69 Å². The molecule has 2 aromatic heterocycles. The zero-order valence-corrected chi connectivity index (χ0v) is 17.7. The van der Waals surface area contributed by atoms with E-state index in [4.69, 9.17) is 5.73 Å². The molecule has 0 amide bonds. The van der Waals surface area contributed by atoms with Crippen LogP contribution in [0.1, 0.15) is 47.4 Å². The highest BCUT2D eigenvalue weighted by atomic mass is 16.1. The fourth-order valence-electron chi connectivity index (χ4n) is 5.72. The molecule has 0 atom stereocenters. The van der Waals surface area contributed by atoms with Crippen molar-refractivity contribution in [1.29, 1.82) is 0 Å². The first-order chi connectivity index (χ1) is 14.4. The van der Waals surface area contributed by atoms with Crippen molar-refractivity contribution in [3.63, 3.8) is 0 Å². The molecule has 0 fully saturated rings. The van der Waals surface area contributed by atoms with Gasteiger partial charge in [0.1, 0.15) is 0 Å². The Labute approximate surface area is 175 Å². The molecule has 0 saturated heterocycles. The van der Waals surface area contributed by atoms with Crippen molar-refractivity contribution in [2.45, 2.75) is 46.1 Å². The van der Waals surface area contributed by atoms with Crippen molar-refractivity contribution in [3.05, 3.63) is 46.8 Å². The van der Waals surface area contributed by atoms with Gasteiger partial charge in [-0.05, 0) is 54.5 Å². The quantitative estimate of drug-likeness (QED) is 0.500. The summed E-state index contributed by atoms with van der Waals surface area (Å²) in [7, 11) is 1.97. The molecule has 2 aliphatic carbocycles. The minimum absolute atomic E-state index is 0.272. The van der Waals surface area contributed by atoms with Gasteiger partial charge in [-0.1, -0.05) is 13.8 Å². The second-order valence-electron chi connectivity index (χ2n) is 9.30. The van der Waals surface area contributed by atoms with Crippen LogP contribution in [0.2, 0.25) is 0 Å². The highest BCUT2D eigenvalue weighted by Crippen LogP contribution is 2.48. The van der Waals surface area contributed by atoms with Crippen LogP contribution < -0.4 is 5.73 Å². The number of nitrogen functional groups attached to an aromatic ring is 1. The average molecular weight is 399 g/mol. The molecular weight excluding hydrogens is 372 g/mol. The molecule has 4 aromatic rings. The monoisotopic (exact) mass is 398 g/mol. The number of ketones is 1. The highest BCUT2D eigenvalue weighted by molar-refractivity contribution is 6.20. The lowest BCUT2D eigenvalue weighted by Crippen LogP contribution is -2.12. The summed E-state index contributed by atoms with van der Waals surface area (Å²) in [6.07, 6.45) is 5.33. The lowest BCUT2D eigenvalue weighted by atomic mass is 9.82. The highest BCUT2D eigenvalue weighted by Gasteiger charge is 2.35. The standard InChI is InChI=1S/C25H26N4O/c1-13(2)11-29-20-8-4-14(26)10-17(20)23-15-6-9-21(30)24(15)22-16(25(23)29)5-7-19-18(22)12-28(3)27-19/h4,8,10,12-13H,5-7,9,11,26H2,1-3H3. The largest absolute Gasteiger partial charge is 0.399 e. The van der Waals surface area contributed by atoms with Gasteiger partial charge in [0.2, 0.25) is 0 Å². The molecule has 30 heavy (non-hydrogen) atoms. The SMILES string of the molecule is CC(C)Cn1c2ccc(N)cc2c2c3c(c4c(c21)CCc1nn(C)cc1-4)C(=O)CC3. The summed E-state index contributed by atoms with van der Waals surface area (Å²) in [6.45, 7) is 5.47. The topological polar surface area (TPSA) is 65.8 Å². The minimum atomic E-state index is 0.272. The Balaban J connectivity index is 1.86. The number of aryl methyl sites for hydroxylation is 4. The maximum absolute atomic E-state index is 13.1. The zero-order chi connectivity index (χ0) is 20.7. The van der Waals surface area contributed by atoms with Crippen molar-refractivity contribution < 1.29 is 4.79 Å². The van der Waals surface area contributed by atoms with Gasteiger partial charge in [0.05, 0.1) is 11.2 Å². The number of hydrogen-bond acceptors (Lipinski definition) is 3. The number of carbonyl (C=O) groups excluding carboxylic acids is 1. The van der Waals surface area contributed by atoms with Crippen LogP contribution in [-0.2, 0) is 32.9 Å². The minimum Gasteiger partial charge on any atom is -0.399 e. The Morgan fingerprint density at radius 1 is 1.10 bits per heavy atom. The molecule has 2 heterocycles. The van der Waals surface area contributed by atoms with E-state index >= 15 is 0 Å². The summed E-state index contributed by atoms with van der Waals surface area (Å²) in [5.41, 5.74) is 16.4. The number of benzene rings is 2. The summed E-state index contributed by atoms with van der Waals surface area (Å²) in [5, 5.41) is 7.13. The van der Waals surface area contributed by atoms with Gasteiger partial charge in [-0.3, -0.25) is 9.48 Å². The normalized spacial score (nSPS) is 15.3. The Hall–Kier alpha value is -3.08. The van der Waals surface area contributed by atoms with Gasteiger partial charge in [0, 0.05) is 64.9 Å². The molecule has 0 saturated carbocycles. The Morgan fingerprint density at radius 2 is 1.90 bits per heavy atom. The van der Waals surface area contributed by atoms with Crippen LogP contribution in [0.5, 0.6) is 0 Å². The Bertz CT molecular complexity index is 1390.